The van der Waals surface area contributed by atoms with Crippen molar-refractivity contribution >= 4 is 23.9 Å². The van der Waals surface area contributed by atoms with E-state index in [1.54, 1.807) is 0 Å². The Bertz CT molecular complexity index is 274. The first kappa shape index (κ1) is 20.8. The van der Waals surface area contributed by atoms with E-state index in [0.29, 0.717) is 0 Å². The van der Waals surface area contributed by atoms with Crippen LogP contribution >= 0.6 is 0 Å². The van der Waals surface area contributed by atoms with Gasteiger partial charge in [-0.05, 0) is 12.8 Å². The van der Waals surface area contributed by atoms with Crippen LogP contribution in [0.5, 0.6) is 0 Å². The van der Waals surface area contributed by atoms with Crippen molar-refractivity contribution in [2.24, 2.45) is 28.7 Å². The molecule has 1 atom stereocenters. The zero-order valence-corrected chi connectivity index (χ0v) is 9.67. The Balaban J connectivity index is -0.000000233. The maximum absolute atomic E-state index is 9.86. The monoisotopic (exact) mass is 265 g/mol. The van der Waals surface area contributed by atoms with Crippen molar-refractivity contribution in [3.05, 3.63) is 0 Å². The largest absolute Gasteiger partial charge is 0.550 e. The summed E-state index contributed by atoms with van der Waals surface area (Å²) in [5, 5.41) is 28.8. The molecule has 106 valence electrons. The van der Waals surface area contributed by atoms with Crippen LogP contribution in [0.2, 0.25) is 0 Å². The van der Waals surface area contributed by atoms with Crippen LogP contribution in [0, 0.1) is 0 Å². The highest BCUT2D eigenvalue weighted by atomic mass is 16.4. The second kappa shape index (κ2) is 12.5. The zero-order valence-electron chi connectivity index (χ0n) is 9.67. The maximum atomic E-state index is 9.86. The fourth-order valence-corrected chi connectivity index (χ4v) is 0.391. The van der Waals surface area contributed by atoms with Crippen LogP contribution in [0.25, 0.3) is 0 Å². The van der Waals surface area contributed by atoms with Gasteiger partial charge in [-0.2, -0.15) is 0 Å². The lowest BCUT2D eigenvalue weighted by Crippen LogP contribution is -2.51. The van der Waals surface area contributed by atoms with Gasteiger partial charge in [0.25, 0.3) is 0 Å². The highest BCUT2D eigenvalue weighted by molar-refractivity contribution is 5.72. The standard InChI is InChI=1S/C5H9NO4.2CH5N3/c6-3(5(9)10)1-2-4(7)8;2*2-1(3)4/h3H,1-2,6H2,(H,7,8)(H,9,10);2*(H5,2,3,4)/t3-;;/m0../s1. The predicted molar refractivity (Wildman–Crippen MR) is 57.8 cm³/mol. The summed E-state index contributed by atoms with van der Waals surface area (Å²) in [4.78, 5) is 19.6. The van der Waals surface area contributed by atoms with Crippen molar-refractivity contribution in [3.8, 4) is 0 Å². The van der Waals surface area contributed by atoms with E-state index >= 15 is 0 Å². The third-order valence-corrected chi connectivity index (χ3v) is 0.962. The van der Waals surface area contributed by atoms with Crippen LogP contribution < -0.4 is 49.7 Å². The third kappa shape index (κ3) is 50.1. The van der Waals surface area contributed by atoms with Crippen LogP contribution in [0.15, 0.2) is 0 Å². The highest BCUT2D eigenvalue weighted by Crippen LogP contribution is 1.90. The molecule has 11 nitrogen and oxygen atoms in total. The molecule has 0 saturated heterocycles. The summed E-state index contributed by atoms with van der Waals surface area (Å²) in [6.07, 6.45) is -0.500. The molecule has 0 saturated carbocycles. The molecule has 0 heterocycles. The Morgan fingerprint density at radius 1 is 1.00 bits per heavy atom. The number of carbonyl (C=O) groups is 2. The minimum atomic E-state index is -1.44. The average Bonchev–Trinajstić information content (AvgIpc) is 2.11. The molecule has 0 amide bonds. The van der Waals surface area contributed by atoms with Crippen LogP contribution in [0.3, 0.4) is 0 Å². The summed E-state index contributed by atoms with van der Waals surface area (Å²) in [6, 6.07) is -1.21. The number of carboxylic acid groups (broad SMARTS) is 2. The van der Waals surface area contributed by atoms with Gasteiger partial charge in [-0.3, -0.25) is 33.8 Å². The lowest BCUT2D eigenvalue weighted by molar-refractivity contribution is -0.309. The van der Waals surface area contributed by atoms with E-state index in [-0.39, 0.29) is 24.8 Å². The van der Waals surface area contributed by atoms with Crippen molar-refractivity contribution in [3.63, 3.8) is 0 Å². The van der Waals surface area contributed by atoms with Gasteiger partial charge in [0.1, 0.15) is 0 Å². The summed E-state index contributed by atoms with van der Waals surface area (Å²) in [5.41, 5.74) is 23.2. The molecule has 18 heavy (non-hydrogen) atoms. The quantitative estimate of drug-likeness (QED) is 0.187. The molecule has 0 aliphatic heterocycles. The van der Waals surface area contributed by atoms with Gasteiger partial charge in [-0.1, -0.05) is 0 Å². The number of nitrogens with two attached hydrogens (primary N) is 7. The fourth-order valence-electron chi connectivity index (χ4n) is 0.391. The smallest absolute Gasteiger partial charge is 0.336 e. The number of aliphatic carboxylic acids is 2. The second-order valence-electron chi connectivity index (χ2n) is 2.84. The minimum absolute atomic E-state index is 0.0833. The fraction of sp³-hybridized carbons (Fsp3) is 0.429. The summed E-state index contributed by atoms with van der Waals surface area (Å²) in [6.45, 7) is 0. The third-order valence-electron chi connectivity index (χ3n) is 0.962. The lowest BCUT2D eigenvalue weighted by Gasteiger charge is -2.11. The number of guanidine groups is 2. The summed E-state index contributed by atoms with van der Waals surface area (Å²) in [5.74, 6) is -2.92. The molecule has 0 fully saturated rings. The van der Waals surface area contributed by atoms with Gasteiger partial charge >= 0.3 is 11.9 Å². The van der Waals surface area contributed by atoms with Gasteiger partial charge < -0.3 is 25.5 Å². The molecule has 14 N–H and O–H groups in total. The Hall–Kier alpha value is -2.56. The normalized spacial score (nSPS) is 9.61. The van der Waals surface area contributed by atoms with Gasteiger partial charge in [0, 0.05) is 12.0 Å². The Morgan fingerprint density at radius 2 is 1.28 bits per heavy atom. The number of carbonyl (C=O) groups excluding carboxylic acids is 2. The Kier molecular flexibility index (Phi) is 14.5. The Labute approximate surface area is 103 Å². The molecular weight excluding hydrogens is 246 g/mol. The first-order valence-corrected chi connectivity index (χ1v) is 4.43. The summed E-state index contributed by atoms with van der Waals surface area (Å²) in [7, 11) is 0. The first-order valence-electron chi connectivity index (χ1n) is 4.43. The molecule has 0 unspecified atom stereocenters. The van der Waals surface area contributed by atoms with E-state index < -0.39 is 18.0 Å². The maximum Gasteiger partial charge on any atom is 0.336 e. The molecule has 0 aliphatic rings. The van der Waals surface area contributed by atoms with Crippen LogP contribution in [0.1, 0.15) is 12.8 Å². The number of hydrogen-bond donors (Lipinski definition) is 7. The molecule has 0 radical (unpaired) electrons. The van der Waals surface area contributed by atoms with Gasteiger partial charge in [-0.15, -0.1) is 0 Å². The molecule has 0 aromatic carbocycles. The van der Waals surface area contributed by atoms with Crippen molar-refractivity contribution in [2.45, 2.75) is 18.9 Å². The molecular formula is C7H19N7O4. The van der Waals surface area contributed by atoms with Crippen LogP contribution in [-0.4, -0.2) is 29.9 Å². The van der Waals surface area contributed by atoms with E-state index in [0.717, 1.165) is 0 Å². The van der Waals surface area contributed by atoms with Gasteiger partial charge in [0.15, 0.2) is 0 Å². The van der Waals surface area contributed by atoms with Crippen molar-refractivity contribution in [2.75, 3.05) is 0 Å². The van der Waals surface area contributed by atoms with E-state index in [1.165, 1.54) is 0 Å². The molecule has 0 aromatic rings. The number of rotatable bonds is 4. The van der Waals surface area contributed by atoms with E-state index in [9.17, 15) is 19.8 Å². The molecule has 0 aromatic heterocycles. The van der Waals surface area contributed by atoms with Crippen molar-refractivity contribution in [1.29, 1.82) is 0 Å². The topological polar surface area (TPSA) is 262 Å². The molecule has 0 spiro atoms. The van der Waals surface area contributed by atoms with Gasteiger partial charge in [-0.25, -0.2) is 0 Å². The molecule has 0 bridgehead atoms. The average molecular weight is 265 g/mol. The summed E-state index contributed by atoms with van der Waals surface area (Å²) >= 11 is 0. The van der Waals surface area contributed by atoms with E-state index in [2.05, 4.69) is 33.8 Å². The summed E-state index contributed by atoms with van der Waals surface area (Å²) < 4.78 is 0. The second-order valence-corrected chi connectivity index (χ2v) is 2.84. The van der Waals surface area contributed by atoms with E-state index in [4.69, 9.17) is 5.73 Å². The van der Waals surface area contributed by atoms with Gasteiger partial charge in [0.2, 0.25) is 0 Å². The lowest BCUT2D eigenvalue weighted by atomic mass is 10.2. The van der Waals surface area contributed by atoms with Crippen molar-refractivity contribution in [1.82, 2.24) is 0 Å². The highest BCUT2D eigenvalue weighted by Gasteiger charge is 2.01. The Morgan fingerprint density at radius 3 is 1.44 bits per heavy atom. The number of carboxylic acids is 2. The van der Waals surface area contributed by atoms with Crippen molar-refractivity contribution < 1.29 is 30.6 Å². The SMILES string of the molecule is NC(N)=[NH2+].NC(N)=[NH2+].N[C@@H](CCC(=O)[O-])C(=O)[O-]. The van der Waals surface area contributed by atoms with Crippen LogP contribution in [-0.2, 0) is 9.59 Å². The molecule has 0 aliphatic carbocycles. The predicted octanol–water partition coefficient (Wildman–Crippen LogP) is -9.37. The van der Waals surface area contributed by atoms with E-state index in [1.807, 2.05) is 0 Å². The number of hydrogen-bond acceptors (Lipinski definition) is 5. The molecule has 0 rings (SSSR count). The minimum Gasteiger partial charge on any atom is -0.550 e. The zero-order chi connectivity index (χ0) is 15.3. The van der Waals surface area contributed by atoms with Gasteiger partial charge in [0.05, 0.1) is 5.97 Å². The first-order chi connectivity index (χ1) is 8.00. The van der Waals surface area contributed by atoms with Crippen LogP contribution in [0.4, 0.5) is 0 Å². The molecule has 11 heteroatoms.